The standard InChI is InChI=1S/C15H15NO2/c17-14(18-9-11-4-2-1-3-5-11)15-10-16(15)13-7-6-12(15)8-13/h1-7,12-13H,8-10H2/t12-,13+,15-,16?/m0/s1. The number of esters is 1. The van der Waals surface area contributed by atoms with Crippen molar-refractivity contribution in [1.82, 2.24) is 4.90 Å². The van der Waals surface area contributed by atoms with Gasteiger partial charge in [-0.3, -0.25) is 4.90 Å². The van der Waals surface area contributed by atoms with Crippen LogP contribution in [0.5, 0.6) is 0 Å². The molecule has 0 saturated carbocycles. The van der Waals surface area contributed by atoms with Gasteiger partial charge >= 0.3 is 5.97 Å². The molecule has 2 bridgehead atoms. The number of fused-ring (bicyclic) bond motifs is 5. The van der Waals surface area contributed by atoms with Crippen LogP contribution in [0.25, 0.3) is 0 Å². The summed E-state index contributed by atoms with van der Waals surface area (Å²) in [5.74, 6) is 0.342. The first kappa shape index (κ1) is 10.3. The lowest BCUT2D eigenvalue weighted by Crippen LogP contribution is -2.35. The van der Waals surface area contributed by atoms with E-state index < -0.39 is 0 Å². The number of carbonyl (C=O) groups excluding carboxylic acids is 1. The van der Waals surface area contributed by atoms with E-state index in [-0.39, 0.29) is 11.5 Å². The maximum Gasteiger partial charge on any atom is 0.328 e. The lowest BCUT2D eigenvalue weighted by Gasteiger charge is -2.17. The molecule has 0 radical (unpaired) electrons. The van der Waals surface area contributed by atoms with E-state index in [2.05, 4.69) is 17.1 Å². The lowest BCUT2D eigenvalue weighted by atomic mass is 9.93. The van der Waals surface area contributed by atoms with Crippen molar-refractivity contribution in [3.05, 3.63) is 48.0 Å². The minimum Gasteiger partial charge on any atom is -0.459 e. The van der Waals surface area contributed by atoms with Crippen molar-refractivity contribution in [3.63, 3.8) is 0 Å². The molecule has 1 aromatic carbocycles. The number of rotatable bonds is 3. The Morgan fingerprint density at radius 2 is 2.17 bits per heavy atom. The summed E-state index contributed by atoms with van der Waals surface area (Å²) in [5, 5.41) is 0. The zero-order chi connectivity index (χ0) is 12.2. The van der Waals surface area contributed by atoms with Crippen molar-refractivity contribution in [2.45, 2.75) is 24.6 Å². The third kappa shape index (κ3) is 1.25. The van der Waals surface area contributed by atoms with Crippen molar-refractivity contribution in [2.75, 3.05) is 6.54 Å². The molecule has 4 atom stereocenters. The number of carbonyl (C=O) groups is 1. The largest absolute Gasteiger partial charge is 0.459 e. The molecule has 0 spiro atoms. The zero-order valence-electron chi connectivity index (χ0n) is 10.1. The molecule has 0 N–H and O–H groups in total. The Labute approximate surface area is 106 Å². The van der Waals surface area contributed by atoms with E-state index in [0.717, 1.165) is 18.5 Å². The monoisotopic (exact) mass is 241 g/mol. The van der Waals surface area contributed by atoms with Crippen LogP contribution in [0.15, 0.2) is 42.5 Å². The van der Waals surface area contributed by atoms with Gasteiger partial charge in [0, 0.05) is 18.5 Å². The van der Waals surface area contributed by atoms with Crippen LogP contribution in [0.2, 0.25) is 0 Å². The second-order valence-corrected chi connectivity index (χ2v) is 5.41. The molecule has 0 aromatic heterocycles. The zero-order valence-corrected chi connectivity index (χ0v) is 10.1. The molecule has 1 unspecified atom stereocenters. The van der Waals surface area contributed by atoms with Crippen LogP contribution in [0.1, 0.15) is 12.0 Å². The van der Waals surface area contributed by atoms with Gasteiger partial charge in [-0.2, -0.15) is 0 Å². The first-order chi connectivity index (χ1) is 8.80. The average molecular weight is 241 g/mol. The van der Waals surface area contributed by atoms with Gasteiger partial charge in [-0.05, 0) is 12.0 Å². The van der Waals surface area contributed by atoms with Crippen LogP contribution in [0, 0.1) is 5.92 Å². The number of hydrogen-bond donors (Lipinski definition) is 0. The molecule has 0 amide bonds. The number of piperidine rings is 1. The fourth-order valence-corrected chi connectivity index (χ4v) is 3.41. The predicted octanol–water partition coefficient (Wildman–Crippen LogP) is 1.74. The number of nitrogens with zero attached hydrogens (tertiary/aromatic N) is 1. The number of benzene rings is 1. The summed E-state index contributed by atoms with van der Waals surface area (Å²) in [6.07, 6.45) is 5.51. The summed E-state index contributed by atoms with van der Waals surface area (Å²) in [4.78, 5) is 14.5. The SMILES string of the molecule is O=C(OCc1ccccc1)[C@@]12CN1[C@@H]1C=C[C@H]2C1. The van der Waals surface area contributed by atoms with Crippen LogP contribution in [-0.4, -0.2) is 29.0 Å². The van der Waals surface area contributed by atoms with Crippen molar-refractivity contribution in [3.8, 4) is 0 Å². The van der Waals surface area contributed by atoms with Crippen LogP contribution in [-0.2, 0) is 16.1 Å². The van der Waals surface area contributed by atoms with E-state index in [4.69, 9.17) is 4.74 Å². The van der Waals surface area contributed by atoms with E-state index in [1.165, 1.54) is 0 Å². The quantitative estimate of drug-likeness (QED) is 0.458. The van der Waals surface area contributed by atoms with Gasteiger partial charge in [0.25, 0.3) is 0 Å². The van der Waals surface area contributed by atoms with E-state index in [1.807, 2.05) is 30.3 Å². The highest BCUT2D eigenvalue weighted by molar-refractivity contribution is 5.87. The molecular weight excluding hydrogens is 226 g/mol. The first-order valence-corrected chi connectivity index (χ1v) is 6.47. The molecule has 18 heavy (non-hydrogen) atoms. The van der Waals surface area contributed by atoms with Gasteiger partial charge in [-0.25, -0.2) is 4.79 Å². The molecule has 3 aliphatic rings. The normalized spacial score (nSPS) is 38.6. The van der Waals surface area contributed by atoms with Crippen LogP contribution < -0.4 is 0 Å². The smallest absolute Gasteiger partial charge is 0.328 e. The molecular formula is C15H15NO2. The molecule has 1 aromatic rings. The third-order valence-corrected chi connectivity index (χ3v) is 4.46. The molecule has 2 heterocycles. The second-order valence-electron chi connectivity index (χ2n) is 5.41. The highest BCUT2D eigenvalue weighted by Gasteiger charge is 2.71. The molecule has 2 saturated heterocycles. The molecule has 2 aliphatic heterocycles. The molecule has 3 heteroatoms. The van der Waals surface area contributed by atoms with Crippen LogP contribution in [0.3, 0.4) is 0 Å². The minimum absolute atomic E-state index is 0.0387. The minimum atomic E-state index is -0.297. The maximum atomic E-state index is 12.3. The second kappa shape index (κ2) is 3.45. The summed E-state index contributed by atoms with van der Waals surface area (Å²) in [6, 6.07) is 10.3. The van der Waals surface area contributed by atoms with Gasteiger partial charge in [0.1, 0.15) is 12.1 Å². The molecule has 4 rings (SSSR count). The number of ether oxygens (including phenoxy) is 1. The van der Waals surface area contributed by atoms with Crippen molar-refractivity contribution >= 4 is 5.97 Å². The van der Waals surface area contributed by atoms with E-state index >= 15 is 0 Å². The van der Waals surface area contributed by atoms with Gasteiger partial charge < -0.3 is 4.74 Å². The maximum absolute atomic E-state index is 12.3. The summed E-state index contributed by atoms with van der Waals surface area (Å²) >= 11 is 0. The Morgan fingerprint density at radius 1 is 1.33 bits per heavy atom. The Balaban J connectivity index is 1.45. The topological polar surface area (TPSA) is 29.3 Å². The Hall–Kier alpha value is -1.61. The molecule has 2 fully saturated rings. The summed E-state index contributed by atoms with van der Waals surface area (Å²) < 4.78 is 5.49. The summed E-state index contributed by atoms with van der Waals surface area (Å²) in [6.45, 7) is 1.26. The van der Waals surface area contributed by atoms with Gasteiger partial charge in [0.15, 0.2) is 0 Å². The van der Waals surface area contributed by atoms with Gasteiger partial charge in [-0.15, -0.1) is 0 Å². The van der Waals surface area contributed by atoms with Crippen molar-refractivity contribution in [1.29, 1.82) is 0 Å². The van der Waals surface area contributed by atoms with Crippen molar-refractivity contribution in [2.24, 2.45) is 5.92 Å². The number of hydrogen-bond acceptors (Lipinski definition) is 3. The predicted molar refractivity (Wildman–Crippen MR) is 66.7 cm³/mol. The van der Waals surface area contributed by atoms with Crippen LogP contribution in [0.4, 0.5) is 0 Å². The summed E-state index contributed by atoms with van der Waals surface area (Å²) in [7, 11) is 0. The fourth-order valence-electron chi connectivity index (χ4n) is 3.41. The third-order valence-electron chi connectivity index (χ3n) is 4.46. The summed E-state index contributed by atoms with van der Waals surface area (Å²) in [5.41, 5.74) is 0.752. The van der Waals surface area contributed by atoms with E-state index in [9.17, 15) is 4.79 Å². The highest BCUT2D eigenvalue weighted by atomic mass is 16.5. The average Bonchev–Trinajstić information content (AvgIpc) is 2.92. The van der Waals surface area contributed by atoms with E-state index in [1.54, 1.807) is 0 Å². The Kier molecular flexibility index (Phi) is 1.98. The van der Waals surface area contributed by atoms with E-state index in [0.29, 0.717) is 18.6 Å². The molecule has 92 valence electrons. The fraction of sp³-hybridized carbons (Fsp3) is 0.400. The van der Waals surface area contributed by atoms with Gasteiger partial charge in [0.05, 0.1) is 0 Å². The molecule has 3 nitrogen and oxygen atoms in total. The van der Waals surface area contributed by atoms with Crippen LogP contribution >= 0.6 is 0 Å². The highest BCUT2D eigenvalue weighted by Crippen LogP contribution is 2.55. The molecule has 1 aliphatic carbocycles. The van der Waals surface area contributed by atoms with Gasteiger partial charge in [0.2, 0.25) is 0 Å². The Morgan fingerprint density at radius 3 is 2.89 bits per heavy atom. The van der Waals surface area contributed by atoms with Gasteiger partial charge in [-0.1, -0.05) is 42.5 Å². The first-order valence-electron chi connectivity index (χ1n) is 6.47. The Bertz CT molecular complexity index is 525. The van der Waals surface area contributed by atoms with Crippen molar-refractivity contribution < 1.29 is 9.53 Å². The lowest BCUT2D eigenvalue weighted by molar-refractivity contribution is -0.149.